The normalized spacial score (nSPS) is 11.8. The maximum absolute atomic E-state index is 12.0. The standard InChI is InChI=1S/C23H34N4O7/c1-22(2,3)33-20(30)26-19(27-21(31)34-23(4,5)6)25-14-10-13-24-17(28)18(29)32-15-16-11-8-7-9-12-16/h7-9,11-12H,10,13-15H2,1-6H3,(H,24,28)(H2,25,26,27,30,31). The molecule has 0 unspecified atom stereocenters. The molecule has 3 amide bonds. The third kappa shape index (κ3) is 13.7. The molecule has 0 radical (unpaired) electrons. The highest BCUT2D eigenvalue weighted by molar-refractivity contribution is 6.32. The number of benzene rings is 1. The van der Waals surface area contributed by atoms with E-state index in [9.17, 15) is 19.2 Å². The van der Waals surface area contributed by atoms with Crippen molar-refractivity contribution in [1.29, 1.82) is 0 Å². The van der Waals surface area contributed by atoms with Crippen LogP contribution < -0.4 is 16.0 Å². The fraction of sp³-hybridized carbons (Fsp3) is 0.522. The Morgan fingerprint density at radius 3 is 2.03 bits per heavy atom. The summed E-state index contributed by atoms with van der Waals surface area (Å²) in [6.45, 7) is 10.5. The summed E-state index contributed by atoms with van der Waals surface area (Å²) in [6.07, 6.45) is -1.36. The van der Waals surface area contributed by atoms with Gasteiger partial charge in [-0.2, -0.15) is 0 Å². The summed E-state index contributed by atoms with van der Waals surface area (Å²) in [5, 5.41) is 7.57. The Bertz CT molecular complexity index is 872. The SMILES string of the molecule is CC(C)(C)OC(=O)/N=C(\NCCCNC(=O)C(=O)OCc1ccccc1)NC(=O)OC(C)(C)C. The first-order chi connectivity index (χ1) is 15.7. The van der Waals surface area contributed by atoms with Gasteiger partial charge in [0.05, 0.1) is 0 Å². The largest absolute Gasteiger partial charge is 0.454 e. The average molecular weight is 479 g/mol. The van der Waals surface area contributed by atoms with Gasteiger partial charge in [-0.25, -0.2) is 14.4 Å². The molecular formula is C23H34N4O7. The molecule has 3 N–H and O–H groups in total. The van der Waals surface area contributed by atoms with Crippen molar-refractivity contribution in [3.63, 3.8) is 0 Å². The second-order valence-corrected chi connectivity index (χ2v) is 9.17. The highest BCUT2D eigenvalue weighted by Gasteiger charge is 2.20. The number of nitrogens with one attached hydrogen (secondary N) is 3. The van der Waals surface area contributed by atoms with Gasteiger partial charge in [-0.1, -0.05) is 30.3 Å². The predicted octanol–water partition coefficient (Wildman–Crippen LogP) is 2.64. The van der Waals surface area contributed by atoms with Gasteiger partial charge in [0.15, 0.2) is 0 Å². The van der Waals surface area contributed by atoms with Crippen LogP contribution in [0.15, 0.2) is 35.3 Å². The number of carbonyl (C=O) groups excluding carboxylic acids is 4. The van der Waals surface area contributed by atoms with Gasteiger partial charge in [0.25, 0.3) is 0 Å². The molecule has 0 aliphatic rings. The first-order valence-electron chi connectivity index (χ1n) is 10.8. The zero-order valence-electron chi connectivity index (χ0n) is 20.5. The van der Waals surface area contributed by atoms with Gasteiger partial charge in [0.1, 0.15) is 17.8 Å². The van der Waals surface area contributed by atoms with Crippen molar-refractivity contribution >= 4 is 30.0 Å². The molecule has 0 bridgehead atoms. The minimum Gasteiger partial charge on any atom is -0.454 e. The van der Waals surface area contributed by atoms with Crippen LogP contribution in [0.4, 0.5) is 9.59 Å². The number of esters is 1. The Morgan fingerprint density at radius 1 is 0.853 bits per heavy atom. The lowest BCUT2D eigenvalue weighted by Crippen LogP contribution is -2.45. The van der Waals surface area contributed by atoms with Crippen LogP contribution in [0.3, 0.4) is 0 Å². The molecule has 0 atom stereocenters. The van der Waals surface area contributed by atoms with E-state index in [0.29, 0.717) is 6.42 Å². The van der Waals surface area contributed by atoms with Crippen LogP contribution in [-0.4, -0.2) is 54.3 Å². The van der Waals surface area contributed by atoms with E-state index in [2.05, 4.69) is 20.9 Å². The Labute approximate surface area is 199 Å². The summed E-state index contributed by atoms with van der Waals surface area (Å²) >= 11 is 0. The van der Waals surface area contributed by atoms with Crippen LogP contribution in [0.5, 0.6) is 0 Å². The molecule has 11 heteroatoms. The highest BCUT2D eigenvalue weighted by atomic mass is 16.6. The third-order valence-corrected chi connectivity index (χ3v) is 3.55. The molecule has 0 aliphatic heterocycles. The third-order valence-electron chi connectivity index (χ3n) is 3.55. The molecule has 0 spiro atoms. The summed E-state index contributed by atoms with van der Waals surface area (Å²) in [7, 11) is 0. The molecule has 188 valence electrons. The Hall–Kier alpha value is -3.63. The monoisotopic (exact) mass is 478 g/mol. The van der Waals surface area contributed by atoms with Crippen molar-refractivity contribution in [2.24, 2.45) is 4.99 Å². The van der Waals surface area contributed by atoms with Crippen molar-refractivity contribution in [1.82, 2.24) is 16.0 Å². The smallest absolute Gasteiger partial charge is 0.437 e. The summed E-state index contributed by atoms with van der Waals surface area (Å²) < 4.78 is 15.2. The molecule has 0 aliphatic carbocycles. The van der Waals surface area contributed by atoms with Gasteiger partial charge in [-0.3, -0.25) is 10.1 Å². The number of carbonyl (C=O) groups is 4. The number of nitrogens with zero attached hydrogens (tertiary/aromatic N) is 1. The van der Waals surface area contributed by atoms with E-state index in [1.54, 1.807) is 65.8 Å². The first kappa shape index (κ1) is 28.4. The van der Waals surface area contributed by atoms with Gasteiger partial charge in [-0.05, 0) is 53.5 Å². The summed E-state index contributed by atoms with van der Waals surface area (Å²) in [5.41, 5.74) is -0.750. The second kappa shape index (κ2) is 13.2. The number of hydrogen-bond acceptors (Lipinski definition) is 7. The van der Waals surface area contributed by atoms with Crippen molar-refractivity contribution in [3.05, 3.63) is 35.9 Å². The molecule has 0 saturated heterocycles. The molecule has 1 aromatic carbocycles. The zero-order valence-corrected chi connectivity index (χ0v) is 20.5. The quantitative estimate of drug-likeness (QED) is 0.141. The fourth-order valence-electron chi connectivity index (χ4n) is 2.25. The van der Waals surface area contributed by atoms with Crippen LogP contribution in [0.1, 0.15) is 53.5 Å². The zero-order chi connectivity index (χ0) is 25.8. The number of rotatable bonds is 6. The Kier molecular flexibility index (Phi) is 11.0. The molecule has 0 heterocycles. The highest BCUT2D eigenvalue weighted by Crippen LogP contribution is 2.08. The molecule has 1 aromatic rings. The van der Waals surface area contributed by atoms with Crippen LogP contribution in [0, 0.1) is 0 Å². The van der Waals surface area contributed by atoms with Crippen LogP contribution in [0.25, 0.3) is 0 Å². The van der Waals surface area contributed by atoms with Gasteiger partial charge in [-0.15, -0.1) is 4.99 Å². The van der Waals surface area contributed by atoms with E-state index in [1.165, 1.54) is 0 Å². The van der Waals surface area contributed by atoms with Crippen molar-refractivity contribution in [3.8, 4) is 0 Å². The summed E-state index contributed by atoms with van der Waals surface area (Å²) in [6, 6.07) is 8.98. The van der Waals surface area contributed by atoms with E-state index in [1.807, 2.05) is 6.07 Å². The Balaban J connectivity index is 2.50. The maximum Gasteiger partial charge on any atom is 0.437 e. The number of amides is 3. The van der Waals surface area contributed by atoms with E-state index in [0.717, 1.165) is 5.56 Å². The molecule has 0 aromatic heterocycles. The lowest BCUT2D eigenvalue weighted by atomic mass is 10.2. The van der Waals surface area contributed by atoms with E-state index < -0.39 is 35.3 Å². The lowest BCUT2D eigenvalue weighted by molar-refractivity contribution is -0.155. The average Bonchev–Trinajstić information content (AvgIpc) is 2.69. The predicted molar refractivity (Wildman–Crippen MR) is 125 cm³/mol. The second-order valence-electron chi connectivity index (χ2n) is 9.17. The number of ether oxygens (including phenoxy) is 3. The molecule has 0 fully saturated rings. The molecular weight excluding hydrogens is 444 g/mol. The van der Waals surface area contributed by atoms with Crippen LogP contribution in [0.2, 0.25) is 0 Å². The number of guanidine groups is 1. The number of alkyl carbamates (subject to hydrolysis) is 1. The number of aliphatic imine (C=N–C) groups is 1. The summed E-state index contributed by atoms with van der Waals surface area (Å²) in [5.74, 6) is -2.03. The van der Waals surface area contributed by atoms with Crippen LogP contribution in [-0.2, 0) is 30.4 Å². The van der Waals surface area contributed by atoms with Crippen molar-refractivity contribution in [2.75, 3.05) is 13.1 Å². The topological polar surface area (TPSA) is 144 Å². The van der Waals surface area contributed by atoms with E-state index in [-0.39, 0.29) is 25.7 Å². The van der Waals surface area contributed by atoms with Crippen molar-refractivity contribution < 1.29 is 33.4 Å². The van der Waals surface area contributed by atoms with Gasteiger partial charge >= 0.3 is 24.1 Å². The molecule has 1 rings (SSSR count). The van der Waals surface area contributed by atoms with Gasteiger partial charge < -0.3 is 24.8 Å². The fourth-order valence-corrected chi connectivity index (χ4v) is 2.25. The van der Waals surface area contributed by atoms with Crippen LogP contribution >= 0.6 is 0 Å². The molecule has 34 heavy (non-hydrogen) atoms. The lowest BCUT2D eigenvalue weighted by Gasteiger charge is -2.21. The minimum absolute atomic E-state index is 0.00449. The van der Waals surface area contributed by atoms with E-state index >= 15 is 0 Å². The van der Waals surface area contributed by atoms with Gasteiger partial charge in [0.2, 0.25) is 5.96 Å². The van der Waals surface area contributed by atoms with Gasteiger partial charge in [0, 0.05) is 13.1 Å². The van der Waals surface area contributed by atoms with Crippen molar-refractivity contribution in [2.45, 2.75) is 65.8 Å². The Morgan fingerprint density at radius 2 is 1.44 bits per heavy atom. The molecule has 0 saturated carbocycles. The minimum atomic E-state index is -0.990. The molecule has 11 nitrogen and oxygen atoms in total. The van der Waals surface area contributed by atoms with E-state index in [4.69, 9.17) is 14.2 Å². The summed E-state index contributed by atoms with van der Waals surface area (Å²) in [4.78, 5) is 51.4. The first-order valence-corrected chi connectivity index (χ1v) is 10.8. The number of hydrogen-bond donors (Lipinski definition) is 3. The maximum atomic E-state index is 12.0.